The Morgan fingerprint density at radius 3 is 2.35 bits per heavy atom. The Balaban J connectivity index is 1.62. The number of anilines is 1. The first-order valence-corrected chi connectivity index (χ1v) is 9.19. The number of thiophene rings is 1. The van der Waals surface area contributed by atoms with Crippen LogP contribution in [0.5, 0.6) is 11.5 Å². The number of hydrogen-bond acceptors (Lipinski definition) is 4. The number of fused-ring (bicyclic) bond motifs is 1. The van der Waals surface area contributed by atoms with Gasteiger partial charge in [-0.1, -0.05) is 30.3 Å². The SMILES string of the molecule is COc1ccc(-c2sc3cc(OCc4ccccc4)ccc3c2N)cc1. The van der Waals surface area contributed by atoms with E-state index in [9.17, 15) is 0 Å². The molecule has 3 nitrogen and oxygen atoms in total. The lowest BCUT2D eigenvalue weighted by Crippen LogP contribution is -1.94. The molecule has 130 valence electrons. The zero-order valence-corrected chi connectivity index (χ0v) is 15.3. The Morgan fingerprint density at radius 2 is 1.62 bits per heavy atom. The van der Waals surface area contributed by atoms with E-state index in [1.165, 1.54) is 0 Å². The van der Waals surface area contributed by atoms with E-state index >= 15 is 0 Å². The molecule has 0 atom stereocenters. The van der Waals surface area contributed by atoms with Crippen LogP contribution in [0.25, 0.3) is 20.5 Å². The molecule has 1 heterocycles. The summed E-state index contributed by atoms with van der Waals surface area (Å²) in [5.74, 6) is 1.69. The smallest absolute Gasteiger partial charge is 0.121 e. The average Bonchev–Trinajstić information content (AvgIpc) is 3.03. The van der Waals surface area contributed by atoms with E-state index in [1.807, 2.05) is 54.6 Å². The highest BCUT2D eigenvalue weighted by atomic mass is 32.1. The lowest BCUT2D eigenvalue weighted by atomic mass is 10.1. The van der Waals surface area contributed by atoms with Crippen LogP contribution in [-0.4, -0.2) is 7.11 Å². The maximum Gasteiger partial charge on any atom is 0.121 e. The third-order valence-corrected chi connectivity index (χ3v) is 5.52. The topological polar surface area (TPSA) is 44.5 Å². The molecule has 2 N–H and O–H groups in total. The third-order valence-electron chi connectivity index (χ3n) is 4.30. The number of methoxy groups -OCH3 is 1. The average molecular weight is 361 g/mol. The quantitative estimate of drug-likeness (QED) is 0.493. The second-order valence-electron chi connectivity index (χ2n) is 6.01. The van der Waals surface area contributed by atoms with Gasteiger partial charge in [-0.3, -0.25) is 0 Å². The number of benzene rings is 3. The molecular formula is C22H19NO2S. The molecule has 1 aromatic heterocycles. The minimum Gasteiger partial charge on any atom is -0.497 e. The molecule has 0 saturated heterocycles. The molecule has 0 spiro atoms. The maximum absolute atomic E-state index is 6.40. The normalized spacial score (nSPS) is 10.8. The molecule has 0 aliphatic rings. The number of nitrogen functional groups attached to an aromatic ring is 1. The highest BCUT2D eigenvalue weighted by Gasteiger charge is 2.12. The summed E-state index contributed by atoms with van der Waals surface area (Å²) in [5.41, 5.74) is 9.45. The summed E-state index contributed by atoms with van der Waals surface area (Å²) in [4.78, 5) is 1.07. The van der Waals surface area contributed by atoms with Crippen molar-refractivity contribution in [3.8, 4) is 21.9 Å². The summed E-state index contributed by atoms with van der Waals surface area (Å²) in [5, 5.41) is 1.06. The predicted octanol–water partition coefficient (Wildman–Crippen LogP) is 5.74. The van der Waals surface area contributed by atoms with Gasteiger partial charge in [-0.05, 0) is 53.6 Å². The Bertz CT molecular complexity index is 1020. The molecule has 0 unspecified atom stereocenters. The number of nitrogens with two attached hydrogens (primary N) is 1. The van der Waals surface area contributed by atoms with Crippen LogP contribution < -0.4 is 15.2 Å². The molecule has 0 radical (unpaired) electrons. The molecule has 0 aliphatic carbocycles. The number of hydrogen-bond donors (Lipinski definition) is 1. The van der Waals surface area contributed by atoms with E-state index in [1.54, 1.807) is 18.4 Å². The van der Waals surface area contributed by atoms with Crippen LogP contribution in [0.2, 0.25) is 0 Å². The first kappa shape index (κ1) is 16.5. The Hall–Kier alpha value is -2.98. The van der Waals surface area contributed by atoms with Gasteiger partial charge < -0.3 is 15.2 Å². The van der Waals surface area contributed by atoms with Crippen molar-refractivity contribution in [1.82, 2.24) is 0 Å². The standard InChI is InChI=1S/C22H19NO2S/c1-24-17-9-7-16(8-10-17)22-21(23)19-12-11-18(13-20(19)26-22)25-14-15-5-3-2-4-6-15/h2-13H,14,23H2,1H3. The zero-order valence-electron chi connectivity index (χ0n) is 14.4. The van der Waals surface area contributed by atoms with Gasteiger partial charge in [-0.2, -0.15) is 0 Å². The molecule has 0 bridgehead atoms. The molecule has 4 rings (SSSR count). The van der Waals surface area contributed by atoms with Crippen LogP contribution in [0.15, 0.2) is 72.8 Å². The van der Waals surface area contributed by atoms with E-state index < -0.39 is 0 Å². The summed E-state index contributed by atoms with van der Waals surface area (Å²) in [7, 11) is 1.67. The lowest BCUT2D eigenvalue weighted by molar-refractivity contribution is 0.306. The molecule has 0 amide bonds. The van der Waals surface area contributed by atoms with Gasteiger partial charge in [0, 0.05) is 10.1 Å². The molecule has 0 saturated carbocycles. The van der Waals surface area contributed by atoms with Crippen molar-refractivity contribution in [2.75, 3.05) is 12.8 Å². The summed E-state index contributed by atoms with van der Waals surface area (Å²) in [6.45, 7) is 0.554. The summed E-state index contributed by atoms with van der Waals surface area (Å²) in [6, 6.07) is 24.2. The second kappa shape index (κ2) is 7.10. The van der Waals surface area contributed by atoms with Crippen LogP contribution in [0.1, 0.15) is 5.56 Å². The van der Waals surface area contributed by atoms with E-state index in [2.05, 4.69) is 18.2 Å². The highest BCUT2D eigenvalue weighted by molar-refractivity contribution is 7.23. The Morgan fingerprint density at radius 1 is 0.885 bits per heavy atom. The predicted molar refractivity (Wildman–Crippen MR) is 109 cm³/mol. The Labute approximate surface area is 156 Å². The highest BCUT2D eigenvalue weighted by Crippen LogP contribution is 2.42. The molecule has 0 aliphatic heterocycles. The van der Waals surface area contributed by atoms with Gasteiger partial charge in [0.1, 0.15) is 18.1 Å². The van der Waals surface area contributed by atoms with Crippen molar-refractivity contribution in [3.05, 3.63) is 78.4 Å². The first-order chi connectivity index (χ1) is 12.7. The van der Waals surface area contributed by atoms with Crippen LogP contribution in [0.3, 0.4) is 0 Å². The van der Waals surface area contributed by atoms with Crippen LogP contribution in [-0.2, 0) is 6.61 Å². The summed E-state index contributed by atoms with van der Waals surface area (Å²) >= 11 is 1.68. The first-order valence-electron chi connectivity index (χ1n) is 8.38. The summed E-state index contributed by atoms with van der Waals surface area (Å²) in [6.07, 6.45) is 0. The van der Waals surface area contributed by atoms with Crippen molar-refractivity contribution < 1.29 is 9.47 Å². The molecule has 4 aromatic rings. The molecule has 0 fully saturated rings. The van der Waals surface area contributed by atoms with Crippen molar-refractivity contribution in [2.45, 2.75) is 6.61 Å². The largest absolute Gasteiger partial charge is 0.497 e. The summed E-state index contributed by atoms with van der Waals surface area (Å²) < 4.78 is 12.3. The molecular weight excluding hydrogens is 342 g/mol. The van der Waals surface area contributed by atoms with Crippen LogP contribution in [0, 0.1) is 0 Å². The molecule has 26 heavy (non-hydrogen) atoms. The number of rotatable bonds is 5. The van der Waals surface area contributed by atoms with Gasteiger partial charge in [0.2, 0.25) is 0 Å². The molecule has 4 heteroatoms. The van der Waals surface area contributed by atoms with E-state index in [0.29, 0.717) is 6.61 Å². The fraction of sp³-hybridized carbons (Fsp3) is 0.0909. The minimum atomic E-state index is 0.554. The number of ether oxygens (including phenoxy) is 2. The van der Waals surface area contributed by atoms with E-state index in [0.717, 1.165) is 43.3 Å². The molecule has 3 aromatic carbocycles. The van der Waals surface area contributed by atoms with Crippen molar-refractivity contribution in [2.24, 2.45) is 0 Å². The van der Waals surface area contributed by atoms with E-state index in [4.69, 9.17) is 15.2 Å². The van der Waals surface area contributed by atoms with Crippen molar-refractivity contribution in [1.29, 1.82) is 0 Å². The third kappa shape index (κ3) is 3.24. The van der Waals surface area contributed by atoms with Crippen LogP contribution in [0.4, 0.5) is 5.69 Å². The van der Waals surface area contributed by atoms with Gasteiger partial charge >= 0.3 is 0 Å². The van der Waals surface area contributed by atoms with Gasteiger partial charge in [0.15, 0.2) is 0 Å². The van der Waals surface area contributed by atoms with Gasteiger partial charge in [0.25, 0.3) is 0 Å². The lowest BCUT2D eigenvalue weighted by Gasteiger charge is -2.06. The van der Waals surface area contributed by atoms with Crippen LogP contribution >= 0.6 is 11.3 Å². The zero-order chi connectivity index (χ0) is 17.9. The fourth-order valence-corrected chi connectivity index (χ4v) is 4.04. The van der Waals surface area contributed by atoms with Gasteiger partial charge in [-0.15, -0.1) is 11.3 Å². The Kier molecular flexibility index (Phi) is 4.50. The monoisotopic (exact) mass is 361 g/mol. The van der Waals surface area contributed by atoms with Crippen molar-refractivity contribution in [3.63, 3.8) is 0 Å². The minimum absolute atomic E-state index is 0.554. The van der Waals surface area contributed by atoms with E-state index in [-0.39, 0.29) is 0 Å². The van der Waals surface area contributed by atoms with Crippen molar-refractivity contribution >= 4 is 27.1 Å². The maximum atomic E-state index is 6.40. The fourth-order valence-electron chi connectivity index (χ4n) is 2.88. The second-order valence-corrected chi connectivity index (χ2v) is 7.06. The van der Waals surface area contributed by atoms with Gasteiger partial charge in [-0.25, -0.2) is 0 Å². The van der Waals surface area contributed by atoms with Gasteiger partial charge in [0.05, 0.1) is 17.7 Å².